The van der Waals surface area contributed by atoms with Crippen molar-refractivity contribution >= 4 is 21.4 Å². The second-order valence-corrected chi connectivity index (χ2v) is 8.41. The number of amides is 1. The van der Waals surface area contributed by atoms with E-state index in [4.69, 9.17) is 4.74 Å². The van der Waals surface area contributed by atoms with Crippen molar-refractivity contribution in [3.8, 4) is 23.1 Å². The number of hydrogen-bond donors (Lipinski definition) is 1. The lowest BCUT2D eigenvalue weighted by atomic mass is 10.1. The number of ether oxygens (including phenoxy) is 1. The lowest BCUT2D eigenvalue weighted by Gasteiger charge is -2.10. The van der Waals surface area contributed by atoms with Gasteiger partial charge in [-0.25, -0.2) is 13.4 Å². The molecule has 1 aliphatic heterocycles. The Morgan fingerprint density at radius 2 is 1.93 bits per heavy atom. The fourth-order valence-corrected chi connectivity index (χ4v) is 4.59. The average molecular weight is 408 g/mol. The highest BCUT2D eigenvalue weighted by atomic mass is 32.2. The van der Waals surface area contributed by atoms with Gasteiger partial charge in [-0.2, -0.15) is 5.26 Å². The Morgan fingerprint density at radius 1 is 1.21 bits per heavy atom. The summed E-state index contributed by atoms with van der Waals surface area (Å²) in [6, 6.07) is 15.5. The Morgan fingerprint density at radius 3 is 2.62 bits per heavy atom. The first-order chi connectivity index (χ1) is 13.9. The number of rotatable bonds is 4. The second kappa shape index (κ2) is 7.07. The van der Waals surface area contributed by atoms with Gasteiger partial charge in [0.05, 0.1) is 24.1 Å². The van der Waals surface area contributed by atoms with Gasteiger partial charge in [0.2, 0.25) is 15.0 Å². The second-order valence-electron chi connectivity index (χ2n) is 6.40. The highest BCUT2D eigenvalue weighted by Crippen LogP contribution is 2.32. The van der Waals surface area contributed by atoms with E-state index in [0.717, 1.165) is 0 Å². The number of benzene rings is 2. The molecular formula is C20H16N4O4S. The molecule has 2 aromatic carbocycles. The topological polar surface area (TPSA) is 114 Å². The molecule has 8 nitrogen and oxygen atoms in total. The number of nitrogens with zero attached hydrogens (tertiary/aromatic N) is 3. The molecule has 1 N–H and O–H groups in total. The molecule has 29 heavy (non-hydrogen) atoms. The monoisotopic (exact) mass is 408 g/mol. The van der Waals surface area contributed by atoms with Crippen molar-refractivity contribution in [2.75, 3.05) is 18.2 Å². The van der Waals surface area contributed by atoms with Gasteiger partial charge in [0.1, 0.15) is 23.2 Å². The lowest BCUT2D eigenvalue weighted by Crippen LogP contribution is -2.18. The van der Waals surface area contributed by atoms with Crippen LogP contribution in [0, 0.1) is 11.3 Å². The zero-order valence-corrected chi connectivity index (χ0v) is 16.2. The summed E-state index contributed by atoms with van der Waals surface area (Å²) in [7, 11) is -2.01. The van der Waals surface area contributed by atoms with Crippen LogP contribution in [0.1, 0.15) is 16.1 Å². The molecule has 0 bridgehead atoms. The van der Waals surface area contributed by atoms with Gasteiger partial charge in [-0.3, -0.25) is 4.79 Å². The van der Waals surface area contributed by atoms with Crippen molar-refractivity contribution in [1.82, 2.24) is 9.55 Å². The Balaban J connectivity index is 1.83. The molecule has 1 aliphatic rings. The highest BCUT2D eigenvalue weighted by molar-refractivity contribution is 7.91. The standard InChI is InChI=1S/C20H16N4O4S/c1-28-15-8-6-13(7-9-15)17-18(24-10-11-29(26,27)20(24)23-17)19(25)22-16-5-3-2-4-14(16)12-21/h2-9H,10-11H2,1H3,(H,22,25). The van der Waals surface area contributed by atoms with Gasteiger partial charge in [0.25, 0.3) is 5.91 Å². The molecule has 1 aromatic heterocycles. The molecule has 9 heteroatoms. The molecule has 4 rings (SSSR count). The number of para-hydroxylation sites is 1. The van der Waals surface area contributed by atoms with Crippen LogP contribution in [0.3, 0.4) is 0 Å². The van der Waals surface area contributed by atoms with Crippen LogP contribution in [0.2, 0.25) is 0 Å². The number of sulfone groups is 1. The zero-order valence-electron chi connectivity index (χ0n) is 15.4. The maximum atomic E-state index is 13.1. The van der Waals surface area contributed by atoms with Crippen molar-refractivity contribution in [2.24, 2.45) is 0 Å². The van der Waals surface area contributed by atoms with Crippen LogP contribution >= 0.6 is 0 Å². The van der Waals surface area contributed by atoms with Gasteiger partial charge in [0.15, 0.2) is 0 Å². The first-order valence-electron chi connectivity index (χ1n) is 8.73. The summed E-state index contributed by atoms with van der Waals surface area (Å²) in [6.45, 7) is 0.142. The van der Waals surface area contributed by atoms with Gasteiger partial charge >= 0.3 is 0 Å². The molecule has 0 spiro atoms. The predicted molar refractivity (Wildman–Crippen MR) is 105 cm³/mol. The van der Waals surface area contributed by atoms with Crippen LogP contribution < -0.4 is 10.1 Å². The number of methoxy groups -OCH3 is 1. The Labute approximate surface area is 167 Å². The fourth-order valence-electron chi connectivity index (χ4n) is 3.23. The van der Waals surface area contributed by atoms with Gasteiger partial charge in [-0.05, 0) is 36.4 Å². The van der Waals surface area contributed by atoms with Crippen LogP contribution in [0.25, 0.3) is 11.3 Å². The molecule has 3 aromatic rings. The van der Waals surface area contributed by atoms with E-state index in [1.165, 1.54) is 11.7 Å². The van der Waals surface area contributed by atoms with Gasteiger partial charge in [-0.1, -0.05) is 12.1 Å². The summed E-state index contributed by atoms with van der Waals surface area (Å²) in [5.41, 5.74) is 1.64. The molecule has 146 valence electrons. The van der Waals surface area contributed by atoms with Gasteiger partial charge in [-0.15, -0.1) is 0 Å². The number of nitriles is 1. The zero-order chi connectivity index (χ0) is 20.6. The number of carbonyl (C=O) groups is 1. The smallest absolute Gasteiger partial charge is 0.274 e. The summed E-state index contributed by atoms with van der Waals surface area (Å²) in [5.74, 6) is -0.00996. The molecule has 0 radical (unpaired) electrons. The van der Waals surface area contributed by atoms with Crippen LogP contribution in [0.15, 0.2) is 53.7 Å². The highest BCUT2D eigenvalue weighted by Gasteiger charge is 2.35. The van der Waals surface area contributed by atoms with E-state index >= 15 is 0 Å². The number of anilines is 1. The number of imidazole rings is 1. The molecule has 0 saturated heterocycles. The number of aromatic nitrogens is 2. The van der Waals surface area contributed by atoms with E-state index in [2.05, 4.69) is 10.3 Å². The van der Waals surface area contributed by atoms with Crippen LogP contribution in [0.4, 0.5) is 5.69 Å². The Bertz CT molecular complexity index is 1250. The molecule has 0 unspecified atom stereocenters. The summed E-state index contributed by atoms with van der Waals surface area (Å²) < 4.78 is 31.3. The summed E-state index contributed by atoms with van der Waals surface area (Å²) in [5, 5.41) is 11.8. The van der Waals surface area contributed by atoms with Crippen molar-refractivity contribution in [1.29, 1.82) is 5.26 Å². The number of fused-ring (bicyclic) bond motifs is 1. The van der Waals surface area contributed by atoms with Crippen molar-refractivity contribution in [3.63, 3.8) is 0 Å². The molecule has 2 heterocycles. The summed E-state index contributed by atoms with van der Waals surface area (Å²) in [4.78, 5) is 17.4. The van der Waals surface area contributed by atoms with E-state index in [9.17, 15) is 18.5 Å². The molecule has 0 saturated carbocycles. The van der Waals surface area contributed by atoms with Crippen molar-refractivity contribution < 1.29 is 17.9 Å². The molecule has 0 fully saturated rings. The Hall–Kier alpha value is -3.64. The minimum atomic E-state index is -3.55. The van der Waals surface area contributed by atoms with E-state index in [0.29, 0.717) is 22.6 Å². The van der Waals surface area contributed by atoms with E-state index < -0.39 is 15.7 Å². The third-order valence-corrected chi connectivity index (χ3v) is 6.26. The summed E-state index contributed by atoms with van der Waals surface area (Å²) >= 11 is 0. The number of hydrogen-bond acceptors (Lipinski definition) is 6. The normalized spacial score (nSPS) is 14.1. The number of carbonyl (C=O) groups excluding carboxylic acids is 1. The molecule has 0 atom stereocenters. The first-order valence-corrected chi connectivity index (χ1v) is 10.4. The van der Waals surface area contributed by atoms with Gasteiger partial charge in [0, 0.05) is 12.1 Å². The molecular weight excluding hydrogens is 392 g/mol. The quantitative estimate of drug-likeness (QED) is 0.709. The third kappa shape index (κ3) is 3.23. The van der Waals surface area contributed by atoms with Crippen LogP contribution in [-0.2, 0) is 16.4 Å². The van der Waals surface area contributed by atoms with Crippen molar-refractivity contribution in [3.05, 3.63) is 59.8 Å². The lowest BCUT2D eigenvalue weighted by molar-refractivity contribution is 0.101. The minimum absolute atomic E-state index is 0.104. The van der Waals surface area contributed by atoms with Crippen molar-refractivity contribution in [2.45, 2.75) is 11.7 Å². The SMILES string of the molecule is COc1ccc(-c2nc3n(c2C(=O)Nc2ccccc2C#N)CCS3(=O)=O)cc1. The van der Waals surface area contributed by atoms with E-state index in [1.54, 1.807) is 48.5 Å². The third-order valence-electron chi connectivity index (χ3n) is 4.67. The Kier molecular flexibility index (Phi) is 4.56. The van der Waals surface area contributed by atoms with Crippen LogP contribution in [0.5, 0.6) is 5.75 Å². The maximum Gasteiger partial charge on any atom is 0.274 e. The fraction of sp³-hybridized carbons (Fsp3) is 0.150. The first kappa shape index (κ1) is 18.7. The van der Waals surface area contributed by atoms with E-state index in [-0.39, 0.29) is 28.8 Å². The van der Waals surface area contributed by atoms with Gasteiger partial charge < -0.3 is 14.6 Å². The average Bonchev–Trinajstić information content (AvgIpc) is 3.26. The maximum absolute atomic E-state index is 13.1. The molecule has 0 aliphatic carbocycles. The number of nitrogens with one attached hydrogen (secondary N) is 1. The predicted octanol–water partition coefficient (Wildman–Crippen LogP) is 2.47. The van der Waals surface area contributed by atoms with Crippen LogP contribution in [-0.4, -0.2) is 36.7 Å². The van der Waals surface area contributed by atoms with E-state index in [1.807, 2.05) is 6.07 Å². The summed E-state index contributed by atoms with van der Waals surface area (Å²) in [6.07, 6.45) is 0. The molecule has 1 amide bonds. The largest absolute Gasteiger partial charge is 0.497 e. The minimum Gasteiger partial charge on any atom is -0.497 e.